The van der Waals surface area contributed by atoms with Crippen LogP contribution in [0.5, 0.6) is 0 Å². The summed E-state index contributed by atoms with van der Waals surface area (Å²) in [7, 11) is 0. The van der Waals surface area contributed by atoms with E-state index in [1.54, 1.807) is 0 Å². The van der Waals surface area contributed by atoms with Crippen molar-refractivity contribution in [1.82, 2.24) is 0 Å². The molecular formula is C9H13N2+. The lowest BCUT2D eigenvalue weighted by Crippen LogP contribution is -2.32. The molecule has 1 heterocycles. The van der Waals surface area contributed by atoms with Crippen LogP contribution in [0.25, 0.3) is 0 Å². The molecule has 11 heavy (non-hydrogen) atoms. The van der Waals surface area contributed by atoms with Gasteiger partial charge in [-0.2, -0.15) is 0 Å². The Morgan fingerprint density at radius 2 is 1.91 bits per heavy atom. The fourth-order valence-electron chi connectivity index (χ4n) is 0.959. The van der Waals surface area contributed by atoms with Crippen molar-refractivity contribution in [1.29, 1.82) is 5.41 Å². The Bertz CT molecular complexity index is 206. The van der Waals surface area contributed by atoms with Crippen LogP contribution in [-0.2, 0) is 6.54 Å². The molecule has 0 spiro atoms. The molecule has 1 N–H and O–H groups in total. The lowest BCUT2D eigenvalue weighted by molar-refractivity contribution is -0.697. The molecule has 0 amide bonds. The quantitative estimate of drug-likeness (QED) is 0.381. The first kappa shape index (κ1) is 7.92. The van der Waals surface area contributed by atoms with Gasteiger partial charge in [-0.15, -0.1) is 0 Å². The summed E-state index contributed by atoms with van der Waals surface area (Å²) in [5.41, 5.74) is 0. The minimum atomic E-state index is 0.877. The van der Waals surface area contributed by atoms with Crippen LogP contribution in [-0.4, -0.2) is 6.21 Å². The molecule has 0 radical (unpaired) electrons. The van der Waals surface area contributed by atoms with E-state index < -0.39 is 0 Å². The minimum absolute atomic E-state index is 0.877. The molecule has 0 unspecified atom stereocenters. The molecule has 0 bridgehead atoms. The van der Waals surface area contributed by atoms with Gasteiger partial charge in [-0.3, -0.25) is 0 Å². The van der Waals surface area contributed by atoms with Gasteiger partial charge in [0.05, 0.1) is 0 Å². The summed E-state index contributed by atoms with van der Waals surface area (Å²) in [5, 5.41) is 6.83. The number of hydrogen-bond acceptors (Lipinski definition) is 1. The van der Waals surface area contributed by atoms with Crippen LogP contribution in [0.3, 0.4) is 0 Å². The maximum Gasteiger partial charge on any atom is 0.168 e. The number of rotatable bonds is 4. The van der Waals surface area contributed by atoms with Crippen LogP contribution < -0.4 is 4.57 Å². The maximum absolute atomic E-state index is 6.83. The molecule has 0 aliphatic rings. The van der Waals surface area contributed by atoms with Crippen molar-refractivity contribution < 1.29 is 4.57 Å². The fraction of sp³-hybridized carbons (Fsp3) is 0.333. The number of aromatic nitrogens is 1. The van der Waals surface area contributed by atoms with Gasteiger partial charge in [-0.25, -0.2) is 4.57 Å². The fourth-order valence-corrected chi connectivity index (χ4v) is 0.959. The summed E-state index contributed by atoms with van der Waals surface area (Å²) >= 11 is 0. The van der Waals surface area contributed by atoms with Crippen molar-refractivity contribution in [2.45, 2.75) is 19.4 Å². The van der Waals surface area contributed by atoms with E-state index in [0.29, 0.717) is 0 Å². The van der Waals surface area contributed by atoms with E-state index in [1.165, 1.54) is 6.21 Å². The Morgan fingerprint density at radius 1 is 1.18 bits per heavy atom. The van der Waals surface area contributed by atoms with E-state index >= 15 is 0 Å². The van der Waals surface area contributed by atoms with Crippen LogP contribution in [0.15, 0.2) is 30.6 Å². The smallest absolute Gasteiger partial charge is 0.168 e. The third kappa shape index (κ3) is 2.94. The summed E-state index contributed by atoms with van der Waals surface area (Å²) < 4.78 is 2.13. The van der Waals surface area contributed by atoms with Crippen molar-refractivity contribution >= 4 is 6.21 Å². The molecule has 0 aliphatic heterocycles. The van der Waals surface area contributed by atoms with E-state index in [1.807, 2.05) is 30.6 Å². The SMILES string of the molecule is N=CCCC[n+]1ccccc1. The number of pyridine rings is 1. The first-order chi connectivity index (χ1) is 5.43. The number of aryl methyl sites for hydroxylation is 1. The second kappa shape index (κ2) is 4.61. The Hall–Kier alpha value is -1.18. The zero-order chi connectivity index (χ0) is 7.94. The number of unbranched alkanes of at least 4 members (excludes halogenated alkanes) is 1. The topological polar surface area (TPSA) is 27.7 Å². The molecule has 2 nitrogen and oxygen atoms in total. The van der Waals surface area contributed by atoms with Gasteiger partial charge in [-0.1, -0.05) is 6.07 Å². The summed E-state index contributed by atoms with van der Waals surface area (Å²) in [4.78, 5) is 0. The van der Waals surface area contributed by atoms with Gasteiger partial charge in [0, 0.05) is 18.6 Å². The van der Waals surface area contributed by atoms with Crippen LogP contribution >= 0.6 is 0 Å². The Labute approximate surface area is 67.0 Å². The van der Waals surface area contributed by atoms with Gasteiger partial charge >= 0.3 is 0 Å². The second-order valence-electron chi connectivity index (χ2n) is 2.46. The number of nitrogens with one attached hydrogen (secondary N) is 1. The van der Waals surface area contributed by atoms with Crippen LogP contribution in [0.2, 0.25) is 0 Å². The van der Waals surface area contributed by atoms with Gasteiger partial charge in [0.25, 0.3) is 0 Å². The summed E-state index contributed by atoms with van der Waals surface area (Å²) in [6.07, 6.45) is 7.48. The molecular weight excluding hydrogens is 136 g/mol. The average molecular weight is 149 g/mol. The molecule has 1 aromatic heterocycles. The van der Waals surface area contributed by atoms with Crippen molar-refractivity contribution in [2.75, 3.05) is 0 Å². The monoisotopic (exact) mass is 149 g/mol. The molecule has 0 fully saturated rings. The lowest BCUT2D eigenvalue weighted by Gasteiger charge is -1.91. The molecule has 1 rings (SSSR count). The highest BCUT2D eigenvalue weighted by Gasteiger charge is 1.94. The summed E-state index contributed by atoms with van der Waals surface area (Å²) in [6.45, 7) is 1.01. The Balaban J connectivity index is 2.33. The average Bonchev–Trinajstić information content (AvgIpc) is 2.07. The third-order valence-corrected chi connectivity index (χ3v) is 1.54. The largest absolute Gasteiger partial charge is 0.313 e. The van der Waals surface area contributed by atoms with Crippen molar-refractivity contribution in [2.24, 2.45) is 0 Å². The first-order valence-electron chi connectivity index (χ1n) is 3.86. The highest BCUT2D eigenvalue weighted by Crippen LogP contribution is 1.84. The molecule has 1 aromatic rings. The van der Waals surface area contributed by atoms with E-state index in [4.69, 9.17) is 5.41 Å². The van der Waals surface area contributed by atoms with Crippen LogP contribution in [0, 0.1) is 5.41 Å². The molecule has 0 aromatic carbocycles. The second-order valence-corrected chi connectivity index (χ2v) is 2.46. The highest BCUT2D eigenvalue weighted by atomic mass is 14.9. The molecule has 0 aliphatic carbocycles. The molecule has 0 saturated heterocycles. The van der Waals surface area contributed by atoms with Gasteiger partial charge in [0.1, 0.15) is 6.54 Å². The number of hydrogen-bond donors (Lipinski definition) is 1. The van der Waals surface area contributed by atoms with Crippen molar-refractivity contribution in [3.05, 3.63) is 30.6 Å². The van der Waals surface area contributed by atoms with Gasteiger partial charge < -0.3 is 5.41 Å². The summed E-state index contributed by atoms with van der Waals surface area (Å²) in [6, 6.07) is 6.04. The van der Waals surface area contributed by atoms with E-state index in [2.05, 4.69) is 4.57 Å². The predicted octanol–water partition coefficient (Wildman–Crippen LogP) is 1.40. The zero-order valence-electron chi connectivity index (χ0n) is 6.53. The minimum Gasteiger partial charge on any atom is -0.313 e. The Morgan fingerprint density at radius 3 is 2.55 bits per heavy atom. The van der Waals surface area contributed by atoms with Crippen molar-refractivity contribution in [3.63, 3.8) is 0 Å². The lowest BCUT2D eigenvalue weighted by atomic mass is 10.3. The molecule has 0 saturated carbocycles. The predicted molar refractivity (Wildman–Crippen MR) is 44.7 cm³/mol. The molecule has 58 valence electrons. The van der Waals surface area contributed by atoms with Crippen molar-refractivity contribution in [3.8, 4) is 0 Å². The standard InChI is InChI=1S/C9H13N2/c10-6-2-5-9-11-7-3-1-4-8-11/h1,3-4,6-8,10H,2,5,9H2/q+1. The van der Waals surface area contributed by atoms with E-state index in [-0.39, 0.29) is 0 Å². The summed E-state index contributed by atoms with van der Waals surface area (Å²) in [5.74, 6) is 0. The normalized spacial score (nSPS) is 9.45. The van der Waals surface area contributed by atoms with Gasteiger partial charge in [0.2, 0.25) is 0 Å². The van der Waals surface area contributed by atoms with Gasteiger partial charge in [-0.05, 0) is 12.6 Å². The third-order valence-electron chi connectivity index (χ3n) is 1.54. The highest BCUT2D eigenvalue weighted by molar-refractivity contribution is 5.52. The maximum atomic E-state index is 6.83. The van der Waals surface area contributed by atoms with E-state index in [0.717, 1.165) is 19.4 Å². The zero-order valence-corrected chi connectivity index (χ0v) is 6.53. The Kier molecular flexibility index (Phi) is 3.32. The van der Waals surface area contributed by atoms with E-state index in [9.17, 15) is 0 Å². The molecule has 2 heteroatoms. The van der Waals surface area contributed by atoms with Gasteiger partial charge in [0.15, 0.2) is 12.4 Å². The van der Waals surface area contributed by atoms with Crippen LogP contribution in [0.1, 0.15) is 12.8 Å². The number of nitrogens with zero attached hydrogens (tertiary/aromatic N) is 1. The molecule has 0 atom stereocenters. The van der Waals surface area contributed by atoms with Crippen LogP contribution in [0.4, 0.5) is 0 Å². The first-order valence-corrected chi connectivity index (χ1v) is 3.86.